The summed E-state index contributed by atoms with van der Waals surface area (Å²) in [5.74, 6) is 0.475. The summed E-state index contributed by atoms with van der Waals surface area (Å²) in [7, 11) is 1.32. The first-order valence-corrected chi connectivity index (χ1v) is 5.96. The van der Waals surface area contributed by atoms with Crippen molar-refractivity contribution >= 4 is 11.8 Å². The fourth-order valence-electron chi connectivity index (χ4n) is 1.53. The SMILES string of the molecule is CCOc1ccc(CC(=O)CCC(=O)OC)cc1. The van der Waals surface area contributed by atoms with Crippen LogP contribution in [0.1, 0.15) is 25.3 Å². The van der Waals surface area contributed by atoms with Crippen molar-refractivity contribution in [2.45, 2.75) is 26.2 Å². The van der Waals surface area contributed by atoms with Gasteiger partial charge >= 0.3 is 5.97 Å². The Kier molecular flexibility index (Phi) is 5.91. The Morgan fingerprint density at radius 2 is 1.78 bits per heavy atom. The summed E-state index contributed by atoms with van der Waals surface area (Å²) < 4.78 is 9.80. The molecule has 0 saturated heterocycles. The number of rotatable bonds is 7. The number of Topliss-reactive ketones (excluding diaryl/α,β-unsaturated/α-hetero) is 1. The summed E-state index contributed by atoms with van der Waals surface area (Å²) in [6.45, 7) is 2.54. The molecule has 0 bridgehead atoms. The maximum Gasteiger partial charge on any atom is 0.305 e. The Morgan fingerprint density at radius 1 is 1.11 bits per heavy atom. The largest absolute Gasteiger partial charge is 0.494 e. The smallest absolute Gasteiger partial charge is 0.305 e. The monoisotopic (exact) mass is 250 g/mol. The highest BCUT2D eigenvalue weighted by Crippen LogP contribution is 2.13. The van der Waals surface area contributed by atoms with Crippen LogP contribution in [0.2, 0.25) is 0 Å². The number of hydrogen-bond donors (Lipinski definition) is 0. The molecule has 0 spiro atoms. The topological polar surface area (TPSA) is 52.6 Å². The van der Waals surface area contributed by atoms with Gasteiger partial charge in [-0.15, -0.1) is 0 Å². The van der Waals surface area contributed by atoms with E-state index in [-0.39, 0.29) is 24.6 Å². The van der Waals surface area contributed by atoms with E-state index in [1.54, 1.807) is 0 Å². The van der Waals surface area contributed by atoms with E-state index in [9.17, 15) is 9.59 Å². The Morgan fingerprint density at radius 3 is 2.33 bits per heavy atom. The van der Waals surface area contributed by atoms with Crippen molar-refractivity contribution in [1.82, 2.24) is 0 Å². The average Bonchev–Trinajstić information content (AvgIpc) is 2.38. The van der Waals surface area contributed by atoms with Crippen molar-refractivity contribution in [1.29, 1.82) is 0 Å². The molecule has 0 aliphatic heterocycles. The molecule has 1 aromatic carbocycles. The Balaban J connectivity index is 2.42. The molecule has 0 amide bonds. The van der Waals surface area contributed by atoms with Gasteiger partial charge in [0.15, 0.2) is 0 Å². The fourth-order valence-corrected chi connectivity index (χ4v) is 1.53. The Bertz CT molecular complexity index is 395. The second-order valence-electron chi connectivity index (χ2n) is 3.87. The molecular weight excluding hydrogens is 232 g/mol. The van der Waals surface area contributed by atoms with E-state index in [0.717, 1.165) is 11.3 Å². The number of esters is 1. The van der Waals surface area contributed by atoms with Gasteiger partial charge in [0.2, 0.25) is 0 Å². The quantitative estimate of drug-likeness (QED) is 0.696. The zero-order valence-corrected chi connectivity index (χ0v) is 10.8. The lowest BCUT2D eigenvalue weighted by Crippen LogP contribution is -2.07. The molecule has 0 aliphatic carbocycles. The van der Waals surface area contributed by atoms with Crippen molar-refractivity contribution in [3.05, 3.63) is 29.8 Å². The number of hydrogen-bond acceptors (Lipinski definition) is 4. The number of carbonyl (C=O) groups is 2. The van der Waals surface area contributed by atoms with Crippen LogP contribution in [0.15, 0.2) is 24.3 Å². The van der Waals surface area contributed by atoms with E-state index in [0.29, 0.717) is 13.0 Å². The lowest BCUT2D eigenvalue weighted by molar-refractivity contribution is -0.141. The van der Waals surface area contributed by atoms with Crippen LogP contribution < -0.4 is 4.74 Å². The van der Waals surface area contributed by atoms with E-state index in [1.165, 1.54) is 7.11 Å². The van der Waals surface area contributed by atoms with Gasteiger partial charge in [0.05, 0.1) is 20.1 Å². The van der Waals surface area contributed by atoms with Crippen LogP contribution in [-0.4, -0.2) is 25.5 Å². The van der Waals surface area contributed by atoms with Gasteiger partial charge in [-0.3, -0.25) is 9.59 Å². The first kappa shape index (κ1) is 14.2. The van der Waals surface area contributed by atoms with Crippen molar-refractivity contribution in [3.63, 3.8) is 0 Å². The first-order chi connectivity index (χ1) is 8.65. The van der Waals surface area contributed by atoms with Crippen LogP contribution >= 0.6 is 0 Å². The molecule has 98 valence electrons. The zero-order valence-electron chi connectivity index (χ0n) is 10.8. The van der Waals surface area contributed by atoms with E-state index < -0.39 is 0 Å². The van der Waals surface area contributed by atoms with Crippen LogP contribution in [0.4, 0.5) is 0 Å². The van der Waals surface area contributed by atoms with Gasteiger partial charge in [-0.1, -0.05) is 12.1 Å². The maximum atomic E-state index is 11.6. The predicted molar refractivity (Wildman–Crippen MR) is 67.6 cm³/mol. The molecule has 4 nitrogen and oxygen atoms in total. The number of benzene rings is 1. The second kappa shape index (κ2) is 7.48. The Hall–Kier alpha value is -1.84. The van der Waals surface area contributed by atoms with Crippen LogP contribution in [0, 0.1) is 0 Å². The van der Waals surface area contributed by atoms with Gasteiger partial charge < -0.3 is 9.47 Å². The summed E-state index contributed by atoms with van der Waals surface area (Å²) in [4.78, 5) is 22.5. The van der Waals surface area contributed by atoms with Crippen LogP contribution in [0.25, 0.3) is 0 Å². The molecule has 1 rings (SSSR count). The highest BCUT2D eigenvalue weighted by molar-refractivity contribution is 5.84. The number of ether oxygens (including phenoxy) is 2. The minimum atomic E-state index is -0.352. The van der Waals surface area contributed by atoms with E-state index in [2.05, 4.69) is 4.74 Å². The number of carbonyl (C=O) groups excluding carboxylic acids is 2. The van der Waals surface area contributed by atoms with Gasteiger partial charge in [-0.05, 0) is 24.6 Å². The van der Waals surface area contributed by atoms with E-state index in [4.69, 9.17) is 4.74 Å². The molecule has 18 heavy (non-hydrogen) atoms. The summed E-state index contributed by atoms with van der Waals surface area (Å²) in [6.07, 6.45) is 0.704. The second-order valence-corrected chi connectivity index (χ2v) is 3.87. The van der Waals surface area contributed by atoms with Crippen LogP contribution in [0.3, 0.4) is 0 Å². The molecule has 0 fully saturated rings. The third kappa shape index (κ3) is 4.99. The van der Waals surface area contributed by atoms with Crippen LogP contribution in [0.5, 0.6) is 5.75 Å². The fraction of sp³-hybridized carbons (Fsp3) is 0.429. The molecule has 0 N–H and O–H groups in total. The molecule has 4 heteroatoms. The average molecular weight is 250 g/mol. The highest BCUT2D eigenvalue weighted by Gasteiger charge is 2.08. The number of methoxy groups -OCH3 is 1. The molecule has 0 atom stereocenters. The molecule has 0 radical (unpaired) electrons. The minimum absolute atomic E-state index is 0.0320. The van der Waals surface area contributed by atoms with Gasteiger partial charge in [0.25, 0.3) is 0 Å². The molecule has 0 aliphatic rings. The molecule has 0 aromatic heterocycles. The maximum absolute atomic E-state index is 11.6. The summed E-state index contributed by atoms with van der Waals surface area (Å²) in [5.41, 5.74) is 0.924. The summed E-state index contributed by atoms with van der Waals surface area (Å²) in [5, 5.41) is 0. The third-order valence-corrected chi connectivity index (χ3v) is 2.47. The summed E-state index contributed by atoms with van der Waals surface area (Å²) >= 11 is 0. The Labute approximate surface area is 107 Å². The van der Waals surface area contributed by atoms with Crippen LogP contribution in [-0.2, 0) is 20.7 Å². The lowest BCUT2D eigenvalue weighted by Gasteiger charge is -2.04. The first-order valence-electron chi connectivity index (χ1n) is 5.96. The van der Waals surface area contributed by atoms with Gasteiger partial charge in [-0.2, -0.15) is 0 Å². The molecular formula is C14H18O4. The standard InChI is InChI=1S/C14H18O4/c1-3-18-13-7-4-11(5-8-13)10-12(15)6-9-14(16)17-2/h4-5,7-8H,3,6,9-10H2,1-2H3. The van der Waals surface area contributed by atoms with E-state index >= 15 is 0 Å². The zero-order chi connectivity index (χ0) is 13.4. The van der Waals surface area contributed by atoms with Crippen molar-refractivity contribution in [2.75, 3.05) is 13.7 Å². The van der Waals surface area contributed by atoms with Gasteiger partial charge in [-0.25, -0.2) is 0 Å². The van der Waals surface area contributed by atoms with Crippen molar-refractivity contribution in [2.24, 2.45) is 0 Å². The van der Waals surface area contributed by atoms with E-state index in [1.807, 2.05) is 31.2 Å². The predicted octanol–water partition coefficient (Wildman–Crippen LogP) is 2.15. The molecule has 0 heterocycles. The highest BCUT2D eigenvalue weighted by atomic mass is 16.5. The van der Waals surface area contributed by atoms with Crippen molar-refractivity contribution in [3.8, 4) is 5.75 Å². The molecule has 0 unspecified atom stereocenters. The molecule has 0 saturated carbocycles. The normalized spacial score (nSPS) is 9.89. The van der Waals surface area contributed by atoms with Gasteiger partial charge in [0.1, 0.15) is 11.5 Å². The summed E-state index contributed by atoms with van der Waals surface area (Å²) in [6, 6.07) is 7.40. The lowest BCUT2D eigenvalue weighted by atomic mass is 10.1. The van der Waals surface area contributed by atoms with Crippen molar-refractivity contribution < 1.29 is 19.1 Å². The molecule has 1 aromatic rings. The minimum Gasteiger partial charge on any atom is -0.494 e. The van der Waals surface area contributed by atoms with Gasteiger partial charge in [0, 0.05) is 12.8 Å². The third-order valence-electron chi connectivity index (χ3n) is 2.47. The number of ketones is 1.